The Morgan fingerprint density at radius 1 is 1.09 bits per heavy atom. The number of hydrogen-bond donors (Lipinski definition) is 1. The van der Waals surface area contributed by atoms with E-state index in [1.807, 2.05) is 6.92 Å². The maximum absolute atomic E-state index is 12.8. The number of hydrogen-bond acceptors (Lipinski definition) is 6. The summed E-state index contributed by atoms with van der Waals surface area (Å²) in [5.41, 5.74) is 0.686. The van der Waals surface area contributed by atoms with Crippen molar-refractivity contribution in [2.75, 3.05) is 19.6 Å². The molecule has 12 heteroatoms. The van der Waals surface area contributed by atoms with E-state index in [0.717, 1.165) is 37.1 Å². The van der Waals surface area contributed by atoms with E-state index in [1.54, 1.807) is 24.3 Å². The standard InChI is InChI=1S/C22H25F3N6O2S/c1-16-4-10-20(11-5-16)34(32,33)26-13-17-3-2-12-30(14-17)15-21-27-28-29-31(21)19-8-6-18(7-9-19)22(23,24)25/h4-11,17,26H,2-3,12-15H2,1H3. The second-order valence-electron chi connectivity index (χ2n) is 8.46. The van der Waals surface area contributed by atoms with Crippen LogP contribution in [0.25, 0.3) is 5.69 Å². The quantitative estimate of drug-likeness (QED) is 0.542. The van der Waals surface area contributed by atoms with E-state index in [2.05, 4.69) is 25.1 Å². The molecular formula is C22H25F3N6O2S. The summed E-state index contributed by atoms with van der Waals surface area (Å²) in [5, 5.41) is 11.7. The van der Waals surface area contributed by atoms with Crippen molar-refractivity contribution in [1.82, 2.24) is 29.8 Å². The van der Waals surface area contributed by atoms with Gasteiger partial charge < -0.3 is 0 Å². The zero-order valence-corrected chi connectivity index (χ0v) is 19.3. The highest BCUT2D eigenvalue weighted by Crippen LogP contribution is 2.29. The number of aryl methyl sites for hydroxylation is 1. The summed E-state index contributed by atoms with van der Waals surface area (Å²) in [7, 11) is -3.59. The monoisotopic (exact) mass is 494 g/mol. The molecule has 1 aliphatic heterocycles. The van der Waals surface area contributed by atoms with Crippen LogP contribution in [0.2, 0.25) is 0 Å². The highest BCUT2D eigenvalue weighted by atomic mass is 32.2. The first-order valence-corrected chi connectivity index (χ1v) is 12.3. The Kier molecular flexibility index (Phi) is 7.01. The predicted octanol–water partition coefficient (Wildman–Crippen LogP) is 3.18. The minimum absolute atomic E-state index is 0.115. The third-order valence-corrected chi connectivity index (χ3v) is 7.27. The normalized spacial score (nSPS) is 17.7. The summed E-state index contributed by atoms with van der Waals surface area (Å²) in [6, 6.07) is 11.4. The summed E-state index contributed by atoms with van der Waals surface area (Å²) < 4.78 is 67.8. The molecule has 0 amide bonds. The Morgan fingerprint density at radius 2 is 1.79 bits per heavy atom. The van der Waals surface area contributed by atoms with E-state index in [0.29, 0.717) is 31.1 Å². The highest BCUT2D eigenvalue weighted by Gasteiger charge is 2.30. The van der Waals surface area contributed by atoms with Gasteiger partial charge in [0, 0.05) is 13.1 Å². The van der Waals surface area contributed by atoms with Crippen LogP contribution in [-0.2, 0) is 22.7 Å². The first-order chi connectivity index (χ1) is 16.1. The number of tetrazole rings is 1. The largest absolute Gasteiger partial charge is 0.416 e. The lowest BCUT2D eigenvalue weighted by Crippen LogP contribution is -2.41. The number of halogens is 3. The number of nitrogens with zero attached hydrogens (tertiary/aromatic N) is 5. The van der Waals surface area contributed by atoms with Crippen LogP contribution in [0.5, 0.6) is 0 Å². The Labute approximate surface area is 195 Å². The number of nitrogens with one attached hydrogen (secondary N) is 1. The zero-order valence-electron chi connectivity index (χ0n) is 18.5. The minimum Gasteiger partial charge on any atom is -0.296 e. The van der Waals surface area contributed by atoms with Gasteiger partial charge in [-0.3, -0.25) is 4.90 Å². The van der Waals surface area contributed by atoms with E-state index < -0.39 is 21.8 Å². The number of sulfonamides is 1. The van der Waals surface area contributed by atoms with Crippen molar-refractivity contribution >= 4 is 10.0 Å². The van der Waals surface area contributed by atoms with Crippen LogP contribution < -0.4 is 4.72 Å². The fraction of sp³-hybridized carbons (Fsp3) is 0.409. The van der Waals surface area contributed by atoms with Crippen molar-refractivity contribution in [2.45, 2.75) is 37.4 Å². The topological polar surface area (TPSA) is 93.0 Å². The van der Waals surface area contributed by atoms with Gasteiger partial charge in [0.2, 0.25) is 10.0 Å². The second kappa shape index (κ2) is 9.80. The lowest BCUT2D eigenvalue weighted by molar-refractivity contribution is -0.137. The maximum Gasteiger partial charge on any atom is 0.416 e. The van der Waals surface area contributed by atoms with Crippen LogP contribution in [0, 0.1) is 12.8 Å². The van der Waals surface area contributed by atoms with E-state index >= 15 is 0 Å². The molecule has 2 heterocycles. The molecule has 1 aromatic heterocycles. The molecule has 1 unspecified atom stereocenters. The number of benzene rings is 2. The lowest BCUT2D eigenvalue weighted by atomic mass is 9.98. The van der Waals surface area contributed by atoms with Crippen LogP contribution in [-0.4, -0.2) is 53.2 Å². The Balaban J connectivity index is 1.38. The van der Waals surface area contributed by atoms with E-state index in [4.69, 9.17) is 0 Å². The molecule has 1 fully saturated rings. The summed E-state index contributed by atoms with van der Waals surface area (Å²) in [4.78, 5) is 2.36. The van der Waals surface area contributed by atoms with Crippen LogP contribution in [0.15, 0.2) is 53.4 Å². The predicted molar refractivity (Wildman–Crippen MR) is 119 cm³/mol. The third kappa shape index (κ3) is 5.80. The van der Waals surface area contributed by atoms with Crippen molar-refractivity contribution in [3.05, 3.63) is 65.5 Å². The number of alkyl halides is 3. The SMILES string of the molecule is Cc1ccc(S(=O)(=O)NCC2CCCN(Cc3nnnn3-c3ccc(C(F)(F)F)cc3)C2)cc1. The van der Waals surface area contributed by atoms with Crippen molar-refractivity contribution in [1.29, 1.82) is 0 Å². The first-order valence-electron chi connectivity index (χ1n) is 10.9. The summed E-state index contributed by atoms with van der Waals surface area (Å²) in [5.74, 6) is 0.616. The molecule has 1 aliphatic rings. The van der Waals surface area contributed by atoms with Gasteiger partial charge in [-0.1, -0.05) is 17.7 Å². The highest BCUT2D eigenvalue weighted by molar-refractivity contribution is 7.89. The molecule has 4 rings (SSSR count). The van der Waals surface area contributed by atoms with Crippen LogP contribution in [0.4, 0.5) is 13.2 Å². The molecule has 0 bridgehead atoms. The molecule has 182 valence electrons. The first kappa shape index (κ1) is 24.3. The Bertz CT molecular complexity index is 1210. The number of aromatic nitrogens is 4. The van der Waals surface area contributed by atoms with Crippen molar-refractivity contribution in [3.8, 4) is 5.69 Å². The van der Waals surface area contributed by atoms with Crippen LogP contribution >= 0.6 is 0 Å². The number of likely N-dealkylation sites (tertiary alicyclic amines) is 1. The van der Waals surface area contributed by atoms with Gasteiger partial charge >= 0.3 is 6.18 Å². The summed E-state index contributed by atoms with van der Waals surface area (Å²) >= 11 is 0. The molecule has 0 spiro atoms. The molecule has 2 aromatic carbocycles. The van der Waals surface area contributed by atoms with Crippen LogP contribution in [0.3, 0.4) is 0 Å². The molecular weight excluding hydrogens is 469 g/mol. The molecule has 0 radical (unpaired) electrons. The molecule has 1 N–H and O–H groups in total. The van der Waals surface area contributed by atoms with Gasteiger partial charge in [-0.2, -0.15) is 17.9 Å². The maximum atomic E-state index is 12.8. The van der Waals surface area contributed by atoms with E-state index in [1.165, 1.54) is 16.8 Å². The van der Waals surface area contributed by atoms with Crippen molar-refractivity contribution in [2.24, 2.45) is 5.92 Å². The average Bonchev–Trinajstić information content (AvgIpc) is 3.26. The minimum atomic E-state index is -4.41. The molecule has 1 atom stereocenters. The zero-order chi connectivity index (χ0) is 24.3. The van der Waals surface area contributed by atoms with E-state index in [9.17, 15) is 21.6 Å². The van der Waals surface area contributed by atoms with Crippen LogP contribution in [0.1, 0.15) is 29.8 Å². The lowest BCUT2D eigenvalue weighted by Gasteiger charge is -2.32. The fourth-order valence-corrected chi connectivity index (χ4v) is 5.10. The molecule has 34 heavy (non-hydrogen) atoms. The Hall–Kier alpha value is -2.83. The number of piperidine rings is 1. The van der Waals surface area contributed by atoms with Gasteiger partial charge in [-0.15, -0.1) is 5.10 Å². The van der Waals surface area contributed by atoms with Gasteiger partial charge in [0.15, 0.2) is 5.82 Å². The van der Waals surface area contributed by atoms with Gasteiger partial charge in [-0.25, -0.2) is 13.1 Å². The Morgan fingerprint density at radius 3 is 2.47 bits per heavy atom. The van der Waals surface area contributed by atoms with E-state index in [-0.39, 0.29) is 10.8 Å². The fourth-order valence-electron chi connectivity index (χ4n) is 3.99. The summed E-state index contributed by atoms with van der Waals surface area (Å²) in [6.45, 7) is 4.05. The smallest absolute Gasteiger partial charge is 0.296 e. The van der Waals surface area contributed by atoms with Crippen molar-refractivity contribution in [3.63, 3.8) is 0 Å². The van der Waals surface area contributed by atoms with Crippen molar-refractivity contribution < 1.29 is 21.6 Å². The van der Waals surface area contributed by atoms with Gasteiger partial charge in [0.05, 0.1) is 22.7 Å². The summed E-state index contributed by atoms with van der Waals surface area (Å²) in [6.07, 6.45) is -2.64. The molecule has 3 aromatic rings. The molecule has 0 aliphatic carbocycles. The number of rotatable bonds is 7. The molecule has 0 saturated carbocycles. The third-order valence-electron chi connectivity index (χ3n) is 5.83. The van der Waals surface area contributed by atoms with Gasteiger partial charge in [0.1, 0.15) is 0 Å². The van der Waals surface area contributed by atoms with Gasteiger partial charge in [0.25, 0.3) is 0 Å². The average molecular weight is 495 g/mol. The molecule has 1 saturated heterocycles. The van der Waals surface area contributed by atoms with Gasteiger partial charge in [-0.05, 0) is 79.1 Å². The second-order valence-corrected chi connectivity index (χ2v) is 10.2. The molecule has 8 nitrogen and oxygen atoms in total.